The van der Waals surface area contributed by atoms with Crippen LogP contribution in [0.1, 0.15) is 33.9 Å². The second-order valence-electron chi connectivity index (χ2n) is 6.39. The SMILES string of the molecule is Cc1ccccc1[C@H](CC(=O)O)NC(=O)c1ccnc(-c2ccccc2F)c1. The zero-order valence-electron chi connectivity index (χ0n) is 15.2. The third-order valence-electron chi connectivity index (χ3n) is 4.42. The molecular formula is C22H19FN2O3. The summed E-state index contributed by atoms with van der Waals surface area (Å²) in [6.45, 7) is 1.86. The number of halogens is 1. The van der Waals surface area contributed by atoms with E-state index in [1.807, 2.05) is 19.1 Å². The van der Waals surface area contributed by atoms with Crippen LogP contribution in [0.3, 0.4) is 0 Å². The first kappa shape index (κ1) is 19.2. The number of carboxylic acid groups (broad SMARTS) is 1. The van der Waals surface area contributed by atoms with Gasteiger partial charge in [-0.15, -0.1) is 0 Å². The van der Waals surface area contributed by atoms with E-state index in [1.165, 1.54) is 24.4 Å². The summed E-state index contributed by atoms with van der Waals surface area (Å²) in [7, 11) is 0. The summed E-state index contributed by atoms with van der Waals surface area (Å²) in [5.74, 6) is -1.90. The van der Waals surface area contributed by atoms with Gasteiger partial charge in [0.05, 0.1) is 18.2 Å². The van der Waals surface area contributed by atoms with Crippen LogP contribution in [0.2, 0.25) is 0 Å². The van der Waals surface area contributed by atoms with Crippen molar-refractivity contribution in [2.24, 2.45) is 0 Å². The van der Waals surface area contributed by atoms with E-state index in [-0.39, 0.29) is 17.5 Å². The lowest BCUT2D eigenvalue weighted by molar-refractivity contribution is -0.137. The van der Waals surface area contributed by atoms with Crippen molar-refractivity contribution in [1.29, 1.82) is 0 Å². The van der Waals surface area contributed by atoms with E-state index in [0.717, 1.165) is 11.1 Å². The molecule has 3 rings (SSSR count). The fourth-order valence-corrected chi connectivity index (χ4v) is 3.02. The van der Waals surface area contributed by atoms with Gasteiger partial charge in [0.1, 0.15) is 5.82 Å². The lowest BCUT2D eigenvalue weighted by Gasteiger charge is -2.19. The van der Waals surface area contributed by atoms with Gasteiger partial charge in [0, 0.05) is 17.3 Å². The summed E-state index contributed by atoms with van der Waals surface area (Å²) in [4.78, 5) is 28.2. The average Bonchev–Trinajstić information content (AvgIpc) is 2.68. The van der Waals surface area contributed by atoms with E-state index in [2.05, 4.69) is 10.3 Å². The van der Waals surface area contributed by atoms with Gasteiger partial charge in [0.2, 0.25) is 0 Å². The number of carboxylic acids is 1. The molecule has 2 aromatic carbocycles. The van der Waals surface area contributed by atoms with Gasteiger partial charge in [-0.3, -0.25) is 14.6 Å². The maximum atomic E-state index is 14.0. The van der Waals surface area contributed by atoms with Crippen LogP contribution in [-0.2, 0) is 4.79 Å². The first-order valence-corrected chi connectivity index (χ1v) is 8.75. The van der Waals surface area contributed by atoms with Crippen molar-refractivity contribution in [1.82, 2.24) is 10.3 Å². The largest absolute Gasteiger partial charge is 0.481 e. The monoisotopic (exact) mass is 378 g/mol. The van der Waals surface area contributed by atoms with E-state index < -0.39 is 23.7 Å². The maximum Gasteiger partial charge on any atom is 0.305 e. The number of aromatic nitrogens is 1. The first-order valence-electron chi connectivity index (χ1n) is 8.75. The number of aliphatic carboxylic acids is 1. The number of pyridine rings is 1. The van der Waals surface area contributed by atoms with Crippen molar-refractivity contribution in [2.45, 2.75) is 19.4 Å². The maximum absolute atomic E-state index is 14.0. The Hall–Kier alpha value is -3.54. The summed E-state index contributed by atoms with van der Waals surface area (Å²) in [5.41, 5.74) is 2.52. The summed E-state index contributed by atoms with van der Waals surface area (Å²) in [6, 6.07) is 15.8. The highest BCUT2D eigenvalue weighted by Gasteiger charge is 2.21. The Morgan fingerprint density at radius 1 is 1.11 bits per heavy atom. The quantitative estimate of drug-likeness (QED) is 0.676. The van der Waals surface area contributed by atoms with Crippen LogP contribution in [0.15, 0.2) is 66.9 Å². The zero-order chi connectivity index (χ0) is 20.1. The highest BCUT2D eigenvalue weighted by Crippen LogP contribution is 2.23. The second kappa shape index (κ2) is 8.43. The lowest BCUT2D eigenvalue weighted by Crippen LogP contribution is -2.30. The molecule has 0 aliphatic heterocycles. The Kier molecular flexibility index (Phi) is 5.79. The molecular weight excluding hydrogens is 359 g/mol. The van der Waals surface area contributed by atoms with Crippen molar-refractivity contribution in [3.63, 3.8) is 0 Å². The minimum Gasteiger partial charge on any atom is -0.481 e. The summed E-state index contributed by atoms with van der Waals surface area (Å²) in [5, 5.41) is 12.0. The van der Waals surface area contributed by atoms with Crippen molar-refractivity contribution in [3.8, 4) is 11.3 Å². The smallest absolute Gasteiger partial charge is 0.305 e. The first-order chi connectivity index (χ1) is 13.5. The predicted molar refractivity (Wildman–Crippen MR) is 103 cm³/mol. The number of hydrogen-bond donors (Lipinski definition) is 2. The molecule has 142 valence electrons. The highest BCUT2D eigenvalue weighted by molar-refractivity contribution is 5.95. The molecule has 0 fully saturated rings. The molecule has 0 unspecified atom stereocenters. The van der Waals surface area contributed by atoms with E-state index in [1.54, 1.807) is 30.3 Å². The Balaban J connectivity index is 1.88. The Labute approximate surface area is 161 Å². The van der Waals surface area contributed by atoms with Gasteiger partial charge in [-0.05, 0) is 42.3 Å². The Morgan fingerprint density at radius 3 is 2.54 bits per heavy atom. The third kappa shape index (κ3) is 4.40. The molecule has 0 bridgehead atoms. The van der Waals surface area contributed by atoms with Gasteiger partial charge in [-0.25, -0.2) is 4.39 Å². The predicted octanol–water partition coefficient (Wildman–Crippen LogP) is 4.14. The molecule has 0 aliphatic carbocycles. The fourth-order valence-electron chi connectivity index (χ4n) is 3.02. The molecule has 0 radical (unpaired) electrons. The molecule has 0 aliphatic rings. The average molecular weight is 378 g/mol. The van der Waals surface area contributed by atoms with E-state index >= 15 is 0 Å². The van der Waals surface area contributed by atoms with Crippen molar-refractivity contribution in [2.75, 3.05) is 0 Å². The van der Waals surface area contributed by atoms with Gasteiger partial charge >= 0.3 is 5.97 Å². The molecule has 1 aromatic heterocycles. The van der Waals surface area contributed by atoms with Crippen LogP contribution in [0, 0.1) is 12.7 Å². The van der Waals surface area contributed by atoms with Crippen LogP contribution in [0.5, 0.6) is 0 Å². The summed E-state index contributed by atoms with van der Waals surface area (Å²) >= 11 is 0. The minimum atomic E-state index is -1.02. The van der Waals surface area contributed by atoms with E-state index in [0.29, 0.717) is 5.69 Å². The molecule has 28 heavy (non-hydrogen) atoms. The molecule has 0 spiro atoms. The number of amides is 1. The molecule has 2 N–H and O–H groups in total. The molecule has 0 saturated carbocycles. The van der Waals surface area contributed by atoms with Gasteiger partial charge in [0.25, 0.3) is 5.91 Å². The van der Waals surface area contributed by atoms with Gasteiger partial charge < -0.3 is 10.4 Å². The lowest BCUT2D eigenvalue weighted by atomic mass is 9.98. The molecule has 1 atom stereocenters. The summed E-state index contributed by atoms with van der Waals surface area (Å²) < 4.78 is 14.0. The van der Waals surface area contributed by atoms with Crippen LogP contribution >= 0.6 is 0 Å². The van der Waals surface area contributed by atoms with Crippen LogP contribution in [0.4, 0.5) is 4.39 Å². The number of nitrogens with zero attached hydrogens (tertiary/aromatic N) is 1. The molecule has 6 heteroatoms. The molecule has 0 saturated heterocycles. The number of carbonyl (C=O) groups excluding carboxylic acids is 1. The number of carbonyl (C=O) groups is 2. The minimum absolute atomic E-state index is 0.248. The van der Waals surface area contributed by atoms with Crippen LogP contribution < -0.4 is 5.32 Å². The Bertz CT molecular complexity index is 1020. The zero-order valence-corrected chi connectivity index (χ0v) is 15.2. The van der Waals surface area contributed by atoms with Gasteiger partial charge in [-0.2, -0.15) is 0 Å². The van der Waals surface area contributed by atoms with Gasteiger partial charge in [0.15, 0.2) is 0 Å². The second-order valence-corrected chi connectivity index (χ2v) is 6.39. The normalized spacial score (nSPS) is 11.6. The van der Waals surface area contributed by atoms with Gasteiger partial charge in [-0.1, -0.05) is 36.4 Å². The van der Waals surface area contributed by atoms with E-state index in [9.17, 15) is 19.1 Å². The van der Waals surface area contributed by atoms with Crippen molar-refractivity contribution >= 4 is 11.9 Å². The third-order valence-corrected chi connectivity index (χ3v) is 4.42. The van der Waals surface area contributed by atoms with Crippen LogP contribution in [-0.4, -0.2) is 22.0 Å². The number of hydrogen-bond acceptors (Lipinski definition) is 3. The summed E-state index contributed by atoms with van der Waals surface area (Å²) in [6.07, 6.45) is 1.18. The van der Waals surface area contributed by atoms with Crippen molar-refractivity contribution in [3.05, 3.63) is 89.4 Å². The number of aryl methyl sites for hydroxylation is 1. The van der Waals surface area contributed by atoms with E-state index in [4.69, 9.17) is 0 Å². The molecule has 3 aromatic rings. The topological polar surface area (TPSA) is 79.3 Å². The molecule has 5 nitrogen and oxygen atoms in total. The highest BCUT2D eigenvalue weighted by atomic mass is 19.1. The Morgan fingerprint density at radius 2 is 1.82 bits per heavy atom. The fraction of sp³-hybridized carbons (Fsp3) is 0.136. The standard InChI is InChI=1S/C22H19FN2O3/c1-14-6-2-3-7-16(14)20(13-21(26)27)25-22(28)15-10-11-24-19(12-15)17-8-4-5-9-18(17)23/h2-12,20H,13H2,1H3,(H,25,28)(H,26,27)/t20-/m0/s1. The molecule has 1 amide bonds. The number of benzene rings is 2. The van der Waals surface area contributed by atoms with Crippen LogP contribution in [0.25, 0.3) is 11.3 Å². The van der Waals surface area contributed by atoms with Crippen molar-refractivity contribution < 1.29 is 19.1 Å². The molecule has 1 heterocycles. The number of nitrogens with one attached hydrogen (secondary N) is 1. The number of rotatable bonds is 6.